The van der Waals surface area contributed by atoms with E-state index in [1.807, 2.05) is 0 Å². The van der Waals surface area contributed by atoms with Crippen molar-refractivity contribution in [3.63, 3.8) is 0 Å². The van der Waals surface area contributed by atoms with Crippen molar-refractivity contribution >= 4 is 28.7 Å². The molecule has 0 aliphatic carbocycles. The molecule has 0 bridgehead atoms. The Morgan fingerprint density at radius 1 is 1.04 bits per heavy atom. The number of piperidine rings is 1. The molecule has 2 aromatic carbocycles. The van der Waals surface area contributed by atoms with E-state index in [2.05, 4.69) is 78.5 Å². The maximum absolute atomic E-state index is 5.65. The third kappa shape index (κ3) is 4.76. The minimum atomic E-state index is 0.753. The van der Waals surface area contributed by atoms with Crippen LogP contribution in [0.5, 0.6) is 0 Å². The minimum Gasteiger partial charge on any atom is -0.371 e. The largest absolute Gasteiger partial charge is 0.371 e. The molecule has 0 aromatic heterocycles. The number of para-hydroxylation sites is 1. The second-order valence-electron chi connectivity index (χ2n) is 7.34. The summed E-state index contributed by atoms with van der Waals surface area (Å²) in [6, 6.07) is 15.2. The molecule has 3 rings (SSSR count). The number of rotatable bonds is 4. The number of nitrogens with one attached hydrogen (secondary N) is 1. The Balaban J connectivity index is 1.69. The van der Waals surface area contributed by atoms with E-state index in [0.717, 1.165) is 30.4 Å². The van der Waals surface area contributed by atoms with Crippen molar-refractivity contribution < 1.29 is 0 Å². The number of nitrogens with zero attached hydrogens (tertiary/aromatic N) is 2. The van der Waals surface area contributed by atoms with Gasteiger partial charge in [0, 0.05) is 38.1 Å². The Kier molecular flexibility index (Phi) is 6.15. The molecule has 0 saturated carbocycles. The summed E-state index contributed by atoms with van der Waals surface area (Å²) in [5, 5.41) is 4.14. The average molecular weight is 368 g/mol. The van der Waals surface area contributed by atoms with Gasteiger partial charge in [0.1, 0.15) is 0 Å². The lowest BCUT2D eigenvalue weighted by Crippen LogP contribution is -2.33. The van der Waals surface area contributed by atoms with E-state index in [9.17, 15) is 0 Å². The zero-order valence-corrected chi connectivity index (χ0v) is 16.9. The van der Waals surface area contributed by atoms with Gasteiger partial charge in [0.2, 0.25) is 0 Å². The van der Waals surface area contributed by atoms with E-state index in [1.54, 1.807) is 0 Å². The molecule has 0 amide bonds. The smallest absolute Gasteiger partial charge is 0.173 e. The summed E-state index contributed by atoms with van der Waals surface area (Å²) in [6.07, 6.45) is 3.93. The van der Waals surface area contributed by atoms with Gasteiger partial charge in [-0.25, -0.2) is 0 Å². The fraction of sp³-hybridized carbons (Fsp3) is 0.409. The van der Waals surface area contributed by atoms with Crippen LogP contribution in [0.3, 0.4) is 0 Å². The van der Waals surface area contributed by atoms with Gasteiger partial charge in [0.05, 0.1) is 0 Å². The summed E-state index contributed by atoms with van der Waals surface area (Å²) in [6.45, 7) is 7.35. The highest BCUT2D eigenvalue weighted by Crippen LogP contribution is 2.25. The fourth-order valence-electron chi connectivity index (χ4n) is 3.68. The van der Waals surface area contributed by atoms with Gasteiger partial charge in [-0.3, -0.25) is 0 Å². The Labute approximate surface area is 163 Å². The maximum atomic E-state index is 5.65. The molecule has 0 spiro atoms. The Bertz CT molecular complexity index is 745. The van der Waals surface area contributed by atoms with E-state index in [4.69, 9.17) is 12.2 Å². The van der Waals surface area contributed by atoms with Crippen LogP contribution in [0.25, 0.3) is 0 Å². The molecule has 4 heteroatoms. The van der Waals surface area contributed by atoms with E-state index < -0.39 is 0 Å². The summed E-state index contributed by atoms with van der Waals surface area (Å²) >= 11 is 5.65. The lowest BCUT2D eigenvalue weighted by atomic mass is 10.1. The molecule has 1 aliphatic heterocycles. The van der Waals surface area contributed by atoms with E-state index in [-0.39, 0.29) is 0 Å². The highest BCUT2D eigenvalue weighted by molar-refractivity contribution is 7.80. The third-order valence-corrected chi connectivity index (χ3v) is 5.33. The third-order valence-electron chi connectivity index (χ3n) is 4.92. The van der Waals surface area contributed by atoms with Crippen molar-refractivity contribution in [3.05, 3.63) is 59.2 Å². The normalized spacial score (nSPS) is 14.2. The van der Waals surface area contributed by atoms with Gasteiger partial charge in [0.15, 0.2) is 5.11 Å². The molecule has 1 fully saturated rings. The average Bonchev–Trinajstić information content (AvgIpc) is 2.62. The topological polar surface area (TPSA) is 18.5 Å². The van der Waals surface area contributed by atoms with Crippen LogP contribution in [0.15, 0.2) is 42.5 Å². The number of hydrogen-bond acceptors (Lipinski definition) is 2. The Morgan fingerprint density at radius 2 is 1.69 bits per heavy atom. The van der Waals surface area contributed by atoms with Crippen LogP contribution >= 0.6 is 12.2 Å². The van der Waals surface area contributed by atoms with Crippen LogP contribution in [0.4, 0.5) is 11.4 Å². The lowest BCUT2D eigenvalue weighted by molar-refractivity contribution is 0.505. The van der Waals surface area contributed by atoms with Crippen molar-refractivity contribution in [1.29, 1.82) is 0 Å². The first-order chi connectivity index (χ1) is 12.5. The van der Waals surface area contributed by atoms with Crippen LogP contribution in [-0.4, -0.2) is 30.1 Å². The first kappa shape index (κ1) is 18.7. The van der Waals surface area contributed by atoms with Crippen molar-refractivity contribution in [2.24, 2.45) is 0 Å². The number of benzene rings is 2. The molecule has 138 valence electrons. The summed E-state index contributed by atoms with van der Waals surface area (Å²) in [5.41, 5.74) is 6.24. The minimum absolute atomic E-state index is 0.753. The Morgan fingerprint density at radius 3 is 2.38 bits per heavy atom. The maximum Gasteiger partial charge on any atom is 0.173 e. The van der Waals surface area contributed by atoms with Crippen LogP contribution in [-0.2, 0) is 6.54 Å². The summed E-state index contributed by atoms with van der Waals surface area (Å²) in [5.74, 6) is 0. The Hall–Kier alpha value is -2.07. The zero-order chi connectivity index (χ0) is 18.5. The van der Waals surface area contributed by atoms with Crippen LogP contribution in [0, 0.1) is 13.8 Å². The predicted molar refractivity (Wildman–Crippen MR) is 116 cm³/mol. The molecule has 3 nitrogen and oxygen atoms in total. The standard InChI is InChI=1S/C22H29N3S/c1-17-13-18(2)15-20(14-17)23-22(26)24(3)16-19-9-5-6-10-21(19)25-11-7-4-8-12-25/h5-6,9-10,13-15H,4,7-8,11-12,16H2,1-3H3,(H,23,26). The van der Waals surface area contributed by atoms with Crippen LogP contribution in [0.1, 0.15) is 36.0 Å². The second-order valence-corrected chi connectivity index (χ2v) is 7.73. The highest BCUT2D eigenvalue weighted by Gasteiger charge is 2.15. The molecule has 2 aromatic rings. The van der Waals surface area contributed by atoms with Gasteiger partial charge in [-0.15, -0.1) is 0 Å². The summed E-state index contributed by atoms with van der Waals surface area (Å²) < 4.78 is 0. The quantitative estimate of drug-likeness (QED) is 0.756. The second kappa shape index (κ2) is 8.54. The van der Waals surface area contributed by atoms with Crippen molar-refractivity contribution in [3.8, 4) is 0 Å². The number of anilines is 2. The highest BCUT2D eigenvalue weighted by atomic mass is 32.1. The van der Waals surface area contributed by atoms with E-state index in [0.29, 0.717) is 0 Å². The first-order valence-electron chi connectivity index (χ1n) is 9.46. The van der Waals surface area contributed by atoms with Crippen LogP contribution < -0.4 is 10.2 Å². The molecule has 0 radical (unpaired) electrons. The van der Waals surface area contributed by atoms with Gasteiger partial charge in [-0.2, -0.15) is 0 Å². The molecule has 0 atom stereocenters. The number of hydrogen-bond donors (Lipinski definition) is 1. The first-order valence-corrected chi connectivity index (χ1v) is 9.87. The van der Waals surface area contributed by atoms with Crippen molar-refractivity contribution in [2.75, 3.05) is 30.4 Å². The molecule has 1 saturated heterocycles. The number of aryl methyl sites for hydroxylation is 2. The van der Waals surface area contributed by atoms with Gasteiger partial charge >= 0.3 is 0 Å². The van der Waals surface area contributed by atoms with E-state index >= 15 is 0 Å². The number of thiocarbonyl (C=S) groups is 1. The zero-order valence-electron chi connectivity index (χ0n) is 16.1. The SMILES string of the molecule is Cc1cc(C)cc(NC(=S)N(C)Cc2ccccc2N2CCCCC2)c1. The predicted octanol–water partition coefficient (Wildman–Crippen LogP) is 5.12. The van der Waals surface area contributed by atoms with Gasteiger partial charge in [0.25, 0.3) is 0 Å². The molecule has 26 heavy (non-hydrogen) atoms. The van der Waals surface area contributed by atoms with Gasteiger partial charge in [-0.1, -0.05) is 24.3 Å². The molecule has 0 unspecified atom stereocenters. The molecular formula is C22H29N3S. The van der Waals surface area contributed by atoms with Crippen molar-refractivity contribution in [2.45, 2.75) is 39.7 Å². The molecular weight excluding hydrogens is 338 g/mol. The fourth-order valence-corrected chi connectivity index (χ4v) is 3.86. The summed E-state index contributed by atoms with van der Waals surface area (Å²) in [7, 11) is 2.06. The molecule has 1 heterocycles. The van der Waals surface area contributed by atoms with Crippen molar-refractivity contribution in [1.82, 2.24) is 4.90 Å². The van der Waals surface area contributed by atoms with E-state index in [1.165, 1.54) is 41.6 Å². The van der Waals surface area contributed by atoms with Gasteiger partial charge in [-0.05, 0) is 80.2 Å². The lowest BCUT2D eigenvalue weighted by Gasteiger charge is -2.32. The monoisotopic (exact) mass is 367 g/mol. The molecule has 1 aliphatic rings. The van der Waals surface area contributed by atoms with Gasteiger partial charge < -0.3 is 15.1 Å². The summed E-state index contributed by atoms with van der Waals surface area (Å²) in [4.78, 5) is 4.64. The van der Waals surface area contributed by atoms with Crippen LogP contribution in [0.2, 0.25) is 0 Å². The molecule has 1 N–H and O–H groups in total.